The first-order chi connectivity index (χ1) is 13.0. The van der Waals surface area contributed by atoms with Crippen molar-refractivity contribution in [2.45, 2.75) is 18.9 Å². The van der Waals surface area contributed by atoms with Gasteiger partial charge in [0, 0.05) is 12.0 Å². The highest BCUT2D eigenvalue weighted by Crippen LogP contribution is 2.41. The first-order valence-electron chi connectivity index (χ1n) is 7.81. The van der Waals surface area contributed by atoms with Gasteiger partial charge < -0.3 is 16.8 Å². The van der Waals surface area contributed by atoms with E-state index in [0.29, 0.717) is 16.7 Å². The monoisotopic (exact) mass is 368 g/mol. The summed E-state index contributed by atoms with van der Waals surface area (Å²) in [7, 11) is 0. The maximum absolute atomic E-state index is 13.0. The molecule has 27 heavy (non-hydrogen) atoms. The molecule has 0 bridgehead atoms. The molecule has 2 heterocycles. The summed E-state index contributed by atoms with van der Waals surface area (Å²) >= 11 is 0. The Bertz CT molecular complexity index is 1000. The van der Waals surface area contributed by atoms with Crippen LogP contribution in [0, 0.1) is 22.8 Å². The number of hydrogen-bond donors (Lipinski definition) is 4. The molecule has 1 aliphatic rings. The lowest BCUT2D eigenvalue weighted by Gasteiger charge is -2.27. The molecule has 0 radical (unpaired) electrons. The average molecular weight is 368 g/mol. The SMILES string of the molecule is N#CNC1=NC(c2ccccc2CC(F)F)c2c(nc(N)c(C#N)c2N)N1. The molecule has 6 N–H and O–H groups in total. The molecule has 0 spiro atoms. The fourth-order valence-electron chi connectivity index (χ4n) is 2.96. The highest BCUT2D eigenvalue weighted by molar-refractivity contribution is 5.98. The molecule has 1 aliphatic heterocycles. The van der Waals surface area contributed by atoms with Crippen molar-refractivity contribution in [1.82, 2.24) is 10.3 Å². The molecule has 10 heteroatoms. The number of aromatic nitrogens is 1. The van der Waals surface area contributed by atoms with Crippen LogP contribution in [-0.4, -0.2) is 17.4 Å². The Hall–Kier alpha value is -3.92. The lowest BCUT2D eigenvalue weighted by Crippen LogP contribution is -2.33. The fraction of sp³-hybridized carbons (Fsp3) is 0.176. The van der Waals surface area contributed by atoms with Crippen molar-refractivity contribution in [2.75, 3.05) is 16.8 Å². The third-order valence-corrected chi connectivity index (χ3v) is 4.08. The summed E-state index contributed by atoms with van der Waals surface area (Å²) in [6, 6.07) is 7.60. The number of nitrogens with zero attached hydrogens (tertiary/aromatic N) is 4. The van der Waals surface area contributed by atoms with Crippen molar-refractivity contribution in [3.05, 3.63) is 46.5 Å². The van der Waals surface area contributed by atoms with Gasteiger partial charge in [0.1, 0.15) is 29.3 Å². The highest BCUT2D eigenvalue weighted by atomic mass is 19.3. The second kappa shape index (κ2) is 7.14. The summed E-state index contributed by atoms with van der Waals surface area (Å²) in [5.41, 5.74) is 13.1. The number of fused-ring (bicyclic) bond motifs is 1. The van der Waals surface area contributed by atoms with Gasteiger partial charge in [-0.25, -0.2) is 18.8 Å². The normalized spacial score (nSPS) is 15.1. The minimum Gasteiger partial charge on any atom is -0.397 e. The van der Waals surface area contributed by atoms with Crippen molar-refractivity contribution in [1.29, 1.82) is 10.5 Å². The number of halogens is 2. The zero-order chi connectivity index (χ0) is 19.6. The number of nitrogen functional groups attached to an aromatic ring is 2. The lowest BCUT2D eigenvalue weighted by atomic mass is 9.91. The van der Waals surface area contributed by atoms with Gasteiger partial charge in [-0.05, 0) is 11.1 Å². The predicted molar refractivity (Wildman–Crippen MR) is 95.6 cm³/mol. The van der Waals surface area contributed by atoms with Gasteiger partial charge in [-0.2, -0.15) is 10.5 Å². The third kappa shape index (κ3) is 3.28. The Morgan fingerprint density at radius 2 is 2.00 bits per heavy atom. The summed E-state index contributed by atoms with van der Waals surface area (Å²) in [5, 5.41) is 23.3. The number of anilines is 3. The number of rotatable bonds is 3. The Labute approximate surface area is 153 Å². The number of aliphatic imine (C=N–C) groups is 1. The van der Waals surface area contributed by atoms with Gasteiger partial charge in [0.15, 0.2) is 6.19 Å². The molecule has 0 amide bonds. The van der Waals surface area contributed by atoms with Crippen LogP contribution in [0.2, 0.25) is 0 Å². The van der Waals surface area contributed by atoms with E-state index in [-0.39, 0.29) is 28.8 Å². The largest absolute Gasteiger partial charge is 0.397 e. The van der Waals surface area contributed by atoms with Crippen LogP contribution in [0.4, 0.5) is 26.1 Å². The predicted octanol–water partition coefficient (Wildman–Crippen LogP) is 1.87. The van der Waals surface area contributed by atoms with Gasteiger partial charge in [-0.15, -0.1) is 0 Å². The Morgan fingerprint density at radius 3 is 2.67 bits per heavy atom. The smallest absolute Gasteiger partial charge is 0.242 e. The number of guanidine groups is 1. The second-order valence-electron chi connectivity index (χ2n) is 5.70. The lowest BCUT2D eigenvalue weighted by molar-refractivity contribution is 0.148. The van der Waals surface area contributed by atoms with E-state index in [0.717, 1.165) is 0 Å². The molecule has 0 fully saturated rings. The van der Waals surface area contributed by atoms with Gasteiger partial charge in [0.2, 0.25) is 12.4 Å². The van der Waals surface area contributed by atoms with Gasteiger partial charge in [-0.3, -0.25) is 5.32 Å². The standard InChI is InChI=1S/C17H14F2N8/c18-11(19)5-8-3-1-2-4-9(8)14-12-13(22)10(6-20)15(23)26-16(12)27-17(25-14)24-7-21/h1-4,11,14H,5H2,(H6,22,23,24,25,26,27). The number of benzene rings is 1. The molecule has 3 rings (SSSR count). The molecule has 1 aromatic carbocycles. The van der Waals surface area contributed by atoms with Crippen LogP contribution in [-0.2, 0) is 6.42 Å². The molecule has 0 saturated carbocycles. The second-order valence-corrected chi connectivity index (χ2v) is 5.70. The first-order valence-corrected chi connectivity index (χ1v) is 7.81. The molecule has 1 atom stereocenters. The summed E-state index contributed by atoms with van der Waals surface area (Å²) in [5.74, 6) is 0.186. The molecule has 0 saturated heterocycles. The van der Waals surface area contributed by atoms with Gasteiger partial charge in [-0.1, -0.05) is 24.3 Å². The number of alkyl halides is 2. The molecular formula is C17H14F2N8. The number of nitrogens with two attached hydrogens (primary N) is 2. The Balaban J connectivity index is 2.25. The molecule has 1 unspecified atom stereocenters. The van der Waals surface area contributed by atoms with Gasteiger partial charge >= 0.3 is 0 Å². The summed E-state index contributed by atoms with van der Waals surface area (Å²) < 4.78 is 26.0. The molecule has 8 nitrogen and oxygen atoms in total. The molecule has 0 aliphatic carbocycles. The van der Waals surface area contributed by atoms with Crippen LogP contribution in [0.25, 0.3) is 0 Å². The van der Waals surface area contributed by atoms with E-state index < -0.39 is 18.9 Å². The van der Waals surface area contributed by atoms with Crippen LogP contribution >= 0.6 is 0 Å². The summed E-state index contributed by atoms with van der Waals surface area (Å²) in [6.45, 7) is 0. The quantitative estimate of drug-likeness (QED) is 0.477. The van der Waals surface area contributed by atoms with E-state index in [2.05, 4.69) is 20.6 Å². The Kier molecular flexibility index (Phi) is 4.73. The number of hydrogen-bond acceptors (Lipinski definition) is 8. The van der Waals surface area contributed by atoms with Gasteiger partial charge in [0.25, 0.3) is 0 Å². The maximum Gasteiger partial charge on any atom is 0.242 e. The Morgan fingerprint density at radius 1 is 1.26 bits per heavy atom. The topological polar surface area (TPSA) is 149 Å². The first kappa shape index (κ1) is 17.9. The molecular weight excluding hydrogens is 354 g/mol. The van der Waals surface area contributed by atoms with Crippen molar-refractivity contribution >= 4 is 23.3 Å². The van der Waals surface area contributed by atoms with Crippen LogP contribution in [0.15, 0.2) is 29.3 Å². The maximum atomic E-state index is 13.0. The minimum absolute atomic E-state index is 0.0150. The number of pyridine rings is 1. The fourth-order valence-corrected chi connectivity index (χ4v) is 2.96. The van der Waals surface area contributed by atoms with E-state index in [1.54, 1.807) is 30.5 Å². The minimum atomic E-state index is -2.55. The van der Waals surface area contributed by atoms with E-state index in [9.17, 15) is 14.0 Å². The molecule has 2 aromatic rings. The van der Waals surface area contributed by atoms with E-state index in [1.165, 1.54) is 0 Å². The number of nitrogens with one attached hydrogen (secondary N) is 2. The van der Waals surface area contributed by atoms with Crippen molar-refractivity contribution in [2.24, 2.45) is 4.99 Å². The van der Waals surface area contributed by atoms with Crippen LogP contribution < -0.4 is 22.1 Å². The van der Waals surface area contributed by atoms with Crippen LogP contribution in [0.5, 0.6) is 0 Å². The summed E-state index contributed by atoms with van der Waals surface area (Å²) in [6.07, 6.45) is -1.29. The summed E-state index contributed by atoms with van der Waals surface area (Å²) in [4.78, 5) is 8.50. The third-order valence-electron chi connectivity index (χ3n) is 4.08. The average Bonchev–Trinajstić information content (AvgIpc) is 2.61. The van der Waals surface area contributed by atoms with E-state index >= 15 is 0 Å². The van der Waals surface area contributed by atoms with E-state index in [4.69, 9.17) is 16.7 Å². The zero-order valence-corrected chi connectivity index (χ0v) is 13.9. The van der Waals surface area contributed by atoms with Crippen molar-refractivity contribution in [3.63, 3.8) is 0 Å². The van der Waals surface area contributed by atoms with Crippen molar-refractivity contribution in [3.8, 4) is 12.3 Å². The highest BCUT2D eigenvalue weighted by Gasteiger charge is 2.31. The van der Waals surface area contributed by atoms with E-state index in [1.807, 2.05) is 6.07 Å². The molecule has 136 valence electrons. The van der Waals surface area contributed by atoms with Gasteiger partial charge in [0.05, 0.1) is 5.69 Å². The van der Waals surface area contributed by atoms with Crippen molar-refractivity contribution < 1.29 is 8.78 Å². The van der Waals surface area contributed by atoms with Crippen LogP contribution in [0.3, 0.4) is 0 Å². The number of nitriles is 2. The zero-order valence-electron chi connectivity index (χ0n) is 13.9. The van der Waals surface area contributed by atoms with Crippen LogP contribution in [0.1, 0.15) is 28.3 Å². The molecule has 1 aromatic heterocycles.